The lowest BCUT2D eigenvalue weighted by Gasteiger charge is -2.44. The van der Waals surface area contributed by atoms with Crippen LogP contribution in [0.1, 0.15) is 20.8 Å². The molecule has 26 heavy (non-hydrogen) atoms. The maximum atomic E-state index is 11.7. The van der Waals surface area contributed by atoms with Gasteiger partial charge in [0.25, 0.3) is 0 Å². The van der Waals surface area contributed by atoms with Gasteiger partial charge < -0.3 is 29.4 Å². The molecular formula is C14H22N4O8. The van der Waals surface area contributed by atoms with E-state index in [1.54, 1.807) is 0 Å². The summed E-state index contributed by atoms with van der Waals surface area (Å²) in [4.78, 5) is 37.2. The maximum Gasteiger partial charge on any atom is 0.334 e. The van der Waals surface area contributed by atoms with Crippen molar-refractivity contribution in [2.45, 2.75) is 57.5 Å². The Kier molecular flexibility index (Phi) is 8.26. The van der Waals surface area contributed by atoms with E-state index in [4.69, 9.17) is 19.7 Å². The Morgan fingerprint density at radius 3 is 2.50 bits per heavy atom. The van der Waals surface area contributed by atoms with Crippen LogP contribution in [-0.4, -0.2) is 73.4 Å². The molecule has 0 aromatic carbocycles. The molecule has 0 aromatic heterocycles. The van der Waals surface area contributed by atoms with Gasteiger partial charge in [-0.3, -0.25) is 9.59 Å². The Hall–Kier alpha value is -2.40. The number of methoxy groups -OCH3 is 1. The fourth-order valence-electron chi connectivity index (χ4n) is 2.53. The number of ether oxygens (including phenoxy) is 4. The molecule has 0 aromatic rings. The number of azide groups is 1. The molecule has 6 atom stereocenters. The number of carbonyl (C=O) groups is 3. The Morgan fingerprint density at radius 1 is 1.35 bits per heavy atom. The monoisotopic (exact) mass is 374 g/mol. The first-order chi connectivity index (χ1) is 12.2. The largest absolute Gasteiger partial charge is 0.467 e. The molecule has 0 aliphatic carbocycles. The SMILES string of the molecule is COC(=O)C(C)O[C@@H]1[C@@H](NC(C)=O)[C@@H](O)O[C@H](CN=[N+]=[N-])[C@H]1OC(C)=O. The molecule has 1 amide bonds. The van der Waals surface area contributed by atoms with Crippen LogP contribution in [0.15, 0.2) is 5.11 Å². The molecule has 0 radical (unpaired) electrons. The van der Waals surface area contributed by atoms with Crippen molar-refractivity contribution in [1.29, 1.82) is 0 Å². The van der Waals surface area contributed by atoms with Gasteiger partial charge in [-0.05, 0) is 12.5 Å². The van der Waals surface area contributed by atoms with Crippen LogP contribution in [0.3, 0.4) is 0 Å². The second kappa shape index (κ2) is 9.92. The van der Waals surface area contributed by atoms with E-state index in [9.17, 15) is 19.5 Å². The molecule has 0 saturated carbocycles. The summed E-state index contributed by atoms with van der Waals surface area (Å²) in [5, 5.41) is 16.0. The number of nitrogens with zero attached hydrogens (tertiary/aromatic N) is 3. The third-order valence-corrected chi connectivity index (χ3v) is 3.56. The third kappa shape index (κ3) is 5.85. The average Bonchev–Trinajstić information content (AvgIpc) is 2.57. The number of rotatable bonds is 7. The molecule has 1 unspecified atom stereocenters. The van der Waals surface area contributed by atoms with Crippen molar-refractivity contribution in [3.8, 4) is 0 Å². The number of hydrogen-bond donors (Lipinski definition) is 2. The van der Waals surface area contributed by atoms with E-state index in [2.05, 4.69) is 20.1 Å². The molecule has 1 rings (SSSR count). The Labute approximate surface area is 149 Å². The van der Waals surface area contributed by atoms with E-state index in [0.29, 0.717) is 0 Å². The lowest BCUT2D eigenvalue weighted by atomic mass is 9.95. The van der Waals surface area contributed by atoms with Gasteiger partial charge in [0.05, 0.1) is 13.7 Å². The summed E-state index contributed by atoms with van der Waals surface area (Å²) in [6.45, 7) is 3.47. The number of amides is 1. The summed E-state index contributed by atoms with van der Waals surface area (Å²) in [5.41, 5.74) is 8.50. The highest BCUT2D eigenvalue weighted by atomic mass is 16.7. The number of aliphatic hydroxyl groups is 1. The number of nitrogens with one attached hydrogen (secondary N) is 1. The van der Waals surface area contributed by atoms with Crippen LogP contribution in [0.5, 0.6) is 0 Å². The van der Waals surface area contributed by atoms with Crippen molar-refractivity contribution in [3.05, 3.63) is 10.4 Å². The second-order valence-corrected chi connectivity index (χ2v) is 5.54. The van der Waals surface area contributed by atoms with Crippen LogP contribution in [0.2, 0.25) is 0 Å². The van der Waals surface area contributed by atoms with Crippen LogP contribution in [0.25, 0.3) is 10.4 Å². The van der Waals surface area contributed by atoms with Crippen LogP contribution in [0.4, 0.5) is 0 Å². The summed E-state index contributed by atoms with van der Waals surface area (Å²) in [5.74, 6) is -1.91. The zero-order chi connectivity index (χ0) is 19.9. The first kappa shape index (κ1) is 21.6. The zero-order valence-corrected chi connectivity index (χ0v) is 14.8. The molecule has 1 heterocycles. The van der Waals surface area contributed by atoms with Crippen LogP contribution in [0, 0.1) is 0 Å². The van der Waals surface area contributed by atoms with Crippen molar-refractivity contribution in [1.82, 2.24) is 5.32 Å². The van der Waals surface area contributed by atoms with Crippen LogP contribution >= 0.6 is 0 Å². The van der Waals surface area contributed by atoms with E-state index in [0.717, 1.165) is 6.92 Å². The molecule has 12 heteroatoms. The summed E-state index contributed by atoms with van der Waals surface area (Å²) in [7, 11) is 1.17. The average molecular weight is 374 g/mol. The van der Waals surface area contributed by atoms with E-state index in [-0.39, 0.29) is 6.54 Å². The minimum absolute atomic E-state index is 0.273. The molecule has 0 spiro atoms. The minimum Gasteiger partial charge on any atom is -0.467 e. The first-order valence-corrected chi connectivity index (χ1v) is 7.73. The van der Waals surface area contributed by atoms with Gasteiger partial charge in [0.1, 0.15) is 18.2 Å². The highest BCUT2D eigenvalue weighted by Gasteiger charge is 2.49. The van der Waals surface area contributed by atoms with Gasteiger partial charge in [-0.2, -0.15) is 0 Å². The lowest BCUT2D eigenvalue weighted by molar-refractivity contribution is -0.264. The fourth-order valence-corrected chi connectivity index (χ4v) is 2.53. The summed E-state index contributed by atoms with van der Waals surface area (Å²) in [6, 6.07) is -1.15. The van der Waals surface area contributed by atoms with Crippen LogP contribution in [-0.2, 0) is 33.3 Å². The topological polar surface area (TPSA) is 169 Å². The minimum atomic E-state index is -1.56. The molecule has 1 aliphatic rings. The molecule has 2 N–H and O–H groups in total. The summed E-state index contributed by atoms with van der Waals surface area (Å²) in [6.07, 6.45) is -6.03. The normalized spacial score (nSPS) is 29.0. The molecule has 1 saturated heterocycles. The van der Waals surface area contributed by atoms with Crippen LogP contribution < -0.4 is 5.32 Å². The summed E-state index contributed by atoms with van der Waals surface area (Å²) < 4.78 is 20.7. The molecule has 146 valence electrons. The Morgan fingerprint density at radius 2 is 2.00 bits per heavy atom. The quantitative estimate of drug-likeness (QED) is 0.257. The van der Waals surface area contributed by atoms with Crippen molar-refractivity contribution >= 4 is 17.8 Å². The van der Waals surface area contributed by atoms with Gasteiger partial charge in [-0.15, -0.1) is 0 Å². The number of aliphatic hydroxyl groups excluding tert-OH is 1. The van der Waals surface area contributed by atoms with Gasteiger partial charge in [0, 0.05) is 18.8 Å². The highest BCUT2D eigenvalue weighted by Crippen LogP contribution is 2.27. The number of hydrogen-bond acceptors (Lipinski definition) is 9. The smallest absolute Gasteiger partial charge is 0.334 e. The standard InChI is InChI=1S/C14H22N4O8/c1-6(13(21)23-4)24-12-10(17-7(2)19)14(22)26-9(5-16-18-15)11(12)25-8(3)20/h6,9-12,14,22H,5H2,1-4H3,(H,17,19)/t6?,9-,10-,11-,12-,14+/m1/s1. The lowest BCUT2D eigenvalue weighted by Crippen LogP contribution is -2.66. The maximum absolute atomic E-state index is 11.7. The van der Waals surface area contributed by atoms with Gasteiger partial charge in [0.15, 0.2) is 18.5 Å². The van der Waals surface area contributed by atoms with Crippen molar-refractivity contribution < 1.29 is 38.4 Å². The molecule has 1 fully saturated rings. The van der Waals surface area contributed by atoms with Crippen molar-refractivity contribution in [2.24, 2.45) is 5.11 Å². The Balaban J connectivity index is 3.21. The van der Waals surface area contributed by atoms with E-state index < -0.39 is 54.6 Å². The molecule has 12 nitrogen and oxygen atoms in total. The van der Waals surface area contributed by atoms with E-state index in [1.807, 2.05) is 0 Å². The third-order valence-electron chi connectivity index (χ3n) is 3.56. The Bertz CT molecular complexity index is 579. The highest BCUT2D eigenvalue weighted by molar-refractivity contribution is 5.74. The molecular weight excluding hydrogens is 352 g/mol. The molecule has 0 bridgehead atoms. The number of carbonyl (C=O) groups excluding carboxylic acids is 3. The predicted molar refractivity (Wildman–Crippen MR) is 84.4 cm³/mol. The van der Waals surface area contributed by atoms with Gasteiger partial charge in [-0.1, -0.05) is 5.11 Å². The van der Waals surface area contributed by atoms with Crippen molar-refractivity contribution in [3.63, 3.8) is 0 Å². The van der Waals surface area contributed by atoms with Gasteiger partial charge >= 0.3 is 11.9 Å². The van der Waals surface area contributed by atoms with Gasteiger partial charge in [-0.25, -0.2) is 4.79 Å². The van der Waals surface area contributed by atoms with Crippen molar-refractivity contribution in [2.75, 3.05) is 13.7 Å². The first-order valence-electron chi connectivity index (χ1n) is 7.73. The van der Waals surface area contributed by atoms with E-state index >= 15 is 0 Å². The number of esters is 2. The van der Waals surface area contributed by atoms with Gasteiger partial charge in [0.2, 0.25) is 5.91 Å². The molecule has 1 aliphatic heterocycles. The summed E-state index contributed by atoms with van der Waals surface area (Å²) >= 11 is 0. The zero-order valence-electron chi connectivity index (χ0n) is 14.8. The fraction of sp³-hybridized carbons (Fsp3) is 0.786. The second-order valence-electron chi connectivity index (χ2n) is 5.54. The van der Waals surface area contributed by atoms with E-state index in [1.165, 1.54) is 21.0 Å². The predicted octanol–water partition coefficient (Wildman–Crippen LogP) is -0.603.